The van der Waals surface area contributed by atoms with Crippen molar-refractivity contribution in [3.8, 4) is 17.1 Å². The van der Waals surface area contributed by atoms with Gasteiger partial charge in [0.05, 0.1) is 33.4 Å². The van der Waals surface area contributed by atoms with Crippen molar-refractivity contribution in [3.63, 3.8) is 0 Å². The third kappa shape index (κ3) is 5.17. The molecule has 0 N–H and O–H groups in total. The molecule has 0 saturated carbocycles. The van der Waals surface area contributed by atoms with Crippen molar-refractivity contribution in [3.05, 3.63) is 112 Å². The summed E-state index contributed by atoms with van der Waals surface area (Å²) in [5.74, 6) is 0.916. The average Bonchev–Trinajstić information content (AvgIpc) is 3.56. The van der Waals surface area contributed by atoms with E-state index in [2.05, 4.69) is 4.99 Å². The molecular weight excluding hydrogens is 580 g/mol. The number of hydrogen-bond acceptors (Lipinski definition) is 8. The second-order valence-corrected chi connectivity index (χ2v) is 10.9. The van der Waals surface area contributed by atoms with Gasteiger partial charge in [-0.15, -0.1) is 0 Å². The molecule has 0 fully saturated rings. The highest BCUT2D eigenvalue weighted by molar-refractivity contribution is 7.07. The fourth-order valence-electron chi connectivity index (χ4n) is 5.03. The van der Waals surface area contributed by atoms with Gasteiger partial charge in [0.25, 0.3) is 17.2 Å². The molecule has 0 bridgehead atoms. The van der Waals surface area contributed by atoms with Crippen molar-refractivity contribution in [2.75, 3.05) is 20.2 Å². The molecule has 10 nitrogen and oxygen atoms in total. The van der Waals surface area contributed by atoms with Crippen LogP contribution in [0.2, 0.25) is 5.02 Å². The van der Waals surface area contributed by atoms with Crippen LogP contribution in [0, 0.1) is 10.1 Å². The molecule has 0 spiro atoms. The van der Waals surface area contributed by atoms with E-state index >= 15 is 0 Å². The second-order valence-electron chi connectivity index (χ2n) is 9.42. The molecule has 1 aliphatic heterocycles. The third-order valence-corrected chi connectivity index (χ3v) is 8.28. The van der Waals surface area contributed by atoms with E-state index in [1.165, 1.54) is 16.7 Å². The van der Waals surface area contributed by atoms with Crippen LogP contribution in [0.3, 0.4) is 0 Å². The van der Waals surface area contributed by atoms with Crippen molar-refractivity contribution in [1.82, 2.24) is 9.47 Å². The molecule has 5 rings (SSSR count). The Kier molecular flexibility index (Phi) is 8.15. The summed E-state index contributed by atoms with van der Waals surface area (Å²) in [6.45, 7) is 6.58. The Bertz CT molecular complexity index is 1920. The quantitative estimate of drug-likeness (QED) is 0.207. The number of carbonyl (C=O) groups is 1. The highest BCUT2D eigenvalue weighted by Crippen LogP contribution is 2.36. The molecule has 2 aromatic heterocycles. The Morgan fingerprint density at radius 1 is 1.21 bits per heavy atom. The number of nitrogens with zero attached hydrogens (tertiary/aromatic N) is 4. The van der Waals surface area contributed by atoms with Crippen molar-refractivity contribution in [1.29, 1.82) is 0 Å². The number of amides is 1. The van der Waals surface area contributed by atoms with Crippen LogP contribution in [0.1, 0.15) is 38.1 Å². The van der Waals surface area contributed by atoms with Gasteiger partial charge in [0.1, 0.15) is 23.3 Å². The van der Waals surface area contributed by atoms with Gasteiger partial charge >= 0.3 is 0 Å². The lowest BCUT2D eigenvalue weighted by Crippen LogP contribution is -2.43. The summed E-state index contributed by atoms with van der Waals surface area (Å²) < 4.78 is 13.4. The van der Waals surface area contributed by atoms with Gasteiger partial charge in [0.2, 0.25) is 0 Å². The Morgan fingerprint density at radius 3 is 2.64 bits per heavy atom. The monoisotopic (exact) mass is 606 g/mol. The number of fused-ring (bicyclic) bond motifs is 1. The molecule has 1 amide bonds. The van der Waals surface area contributed by atoms with Crippen molar-refractivity contribution >= 4 is 40.6 Å². The number of para-hydroxylation sites is 1. The normalized spacial score (nSPS) is 14.9. The second kappa shape index (κ2) is 11.8. The lowest BCUT2D eigenvalue weighted by molar-refractivity contribution is -0.384. The molecule has 4 aromatic rings. The fraction of sp³-hybridized carbons (Fsp3) is 0.233. The fourth-order valence-corrected chi connectivity index (χ4v) is 6.22. The summed E-state index contributed by atoms with van der Waals surface area (Å²) >= 11 is 7.12. The molecule has 12 heteroatoms. The van der Waals surface area contributed by atoms with E-state index in [0.717, 1.165) is 11.3 Å². The first-order valence-electron chi connectivity index (χ1n) is 13.2. The Morgan fingerprint density at radius 2 is 1.95 bits per heavy atom. The van der Waals surface area contributed by atoms with E-state index in [4.69, 9.17) is 20.8 Å². The summed E-state index contributed by atoms with van der Waals surface area (Å²) in [4.78, 5) is 45.6. The van der Waals surface area contributed by atoms with E-state index in [1.807, 2.05) is 32.0 Å². The number of nitro benzene ring substituents is 1. The minimum Gasteiger partial charge on any atom is -0.496 e. The number of nitro groups is 1. The number of likely N-dealkylation sites (N-methyl/N-ethyl adjacent to an activating group) is 1. The Hall–Kier alpha value is -4.48. The summed E-state index contributed by atoms with van der Waals surface area (Å²) in [6.07, 6.45) is 1.57. The van der Waals surface area contributed by atoms with Crippen LogP contribution >= 0.6 is 22.9 Å². The Balaban J connectivity index is 1.67. The van der Waals surface area contributed by atoms with Crippen molar-refractivity contribution in [2.45, 2.75) is 26.8 Å². The number of methoxy groups -OCH3 is 1. The van der Waals surface area contributed by atoms with Crippen LogP contribution in [0.5, 0.6) is 5.75 Å². The van der Waals surface area contributed by atoms with E-state index in [9.17, 15) is 19.7 Å². The first-order valence-corrected chi connectivity index (χ1v) is 14.4. The van der Waals surface area contributed by atoms with Gasteiger partial charge in [-0.3, -0.25) is 24.3 Å². The van der Waals surface area contributed by atoms with Crippen LogP contribution in [-0.4, -0.2) is 40.5 Å². The van der Waals surface area contributed by atoms with Crippen LogP contribution in [0.4, 0.5) is 5.69 Å². The van der Waals surface area contributed by atoms with Crippen molar-refractivity contribution < 1.29 is 18.9 Å². The molecule has 0 saturated heterocycles. The summed E-state index contributed by atoms with van der Waals surface area (Å²) in [7, 11) is 1.55. The number of carbonyl (C=O) groups excluding carboxylic acids is 1. The van der Waals surface area contributed by atoms with Gasteiger partial charge in [-0.2, -0.15) is 0 Å². The lowest BCUT2D eigenvalue weighted by atomic mass is 9.94. The van der Waals surface area contributed by atoms with Gasteiger partial charge in [-0.05, 0) is 51.1 Å². The minimum atomic E-state index is -0.767. The zero-order chi connectivity index (χ0) is 30.1. The van der Waals surface area contributed by atoms with Gasteiger partial charge in [0, 0.05) is 35.8 Å². The smallest absolute Gasteiger partial charge is 0.281 e. The standard InChI is InChI=1S/C30H27ClN4O6S/c1-5-33(6-2)29(37)26-17(3)32-30-34(27(26)21-9-7-8-10-23(21)40-4)28(36)25(42-30)16-19-12-14-24(41-19)20-13-11-18(31)15-22(20)35(38)39/h7-16,27H,5-6H2,1-4H3/b25-16+/t27-/m1/s1. The maximum atomic E-state index is 14.0. The zero-order valence-electron chi connectivity index (χ0n) is 23.3. The maximum Gasteiger partial charge on any atom is 0.281 e. The summed E-state index contributed by atoms with van der Waals surface area (Å²) in [5, 5.41) is 11.8. The zero-order valence-corrected chi connectivity index (χ0v) is 24.9. The molecular formula is C30H27ClN4O6S. The summed E-state index contributed by atoms with van der Waals surface area (Å²) in [5.41, 5.74) is 1.29. The van der Waals surface area contributed by atoms with Crippen LogP contribution in [-0.2, 0) is 4.79 Å². The molecule has 1 aliphatic rings. The number of benzene rings is 2. The van der Waals surface area contributed by atoms with Crippen molar-refractivity contribution in [2.24, 2.45) is 4.99 Å². The number of allylic oxidation sites excluding steroid dienone is 1. The maximum absolute atomic E-state index is 14.0. The predicted molar refractivity (Wildman–Crippen MR) is 160 cm³/mol. The topological polar surface area (TPSA) is 120 Å². The average molecular weight is 607 g/mol. The number of thiazole rings is 1. The van der Waals surface area contributed by atoms with Crippen LogP contribution in [0.15, 0.2) is 80.1 Å². The number of aromatic nitrogens is 1. The van der Waals surface area contributed by atoms with Gasteiger partial charge in [-0.1, -0.05) is 41.1 Å². The number of furan rings is 1. The van der Waals surface area contributed by atoms with Gasteiger partial charge in [0.15, 0.2) is 4.80 Å². The molecule has 1 atom stereocenters. The molecule has 0 radical (unpaired) electrons. The number of ether oxygens (including phenoxy) is 1. The van der Waals surface area contributed by atoms with Crippen LogP contribution in [0.25, 0.3) is 17.4 Å². The van der Waals surface area contributed by atoms with E-state index in [-0.39, 0.29) is 33.5 Å². The van der Waals surface area contributed by atoms with Crippen LogP contribution < -0.4 is 19.6 Å². The number of halogens is 1. The molecule has 0 aliphatic carbocycles. The number of rotatable bonds is 8. The lowest BCUT2D eigenvalue weighted by Gasteiger charge is -2.29. The molecule has 42 heavy (non-hydrogen) atoms. The Labute approximate surface area is 249 Å². The largest absolute Gasteiger partial charge is 0.496 e. The first-order chi connectivity index (χ1) is 20.2. The summed E-state index contributed by atoms with van der Waals surface area (Å²) in [6, 6.07) is 14.1. The molecule has 0 unspecified atom stereocenters. The SMILES string of the molecule is CCN(CC)C(=O)C1=C(C)N=c2s/c(=C/c3ccc(-c4ccc(Cl)cc4[N+](=O)[O-])o3)c(=O)n2[C@@H]1c1ccccc1OC. The highest BCUT2D eigenvalue weighted by Gasteiger charge is 2.35. The third-order valence-electron chi connectivity index (χ3n) is 7.06. The molecule has 216 valence electrons. The predicted octanol–water partition coefficient (Wildman–Crippen LogP) is 4.93. The van der Waals surface area contributed by atoms with E-state index in [0.29, 0.717) is 50.8 Å². The highest BCUT2D eigenvalue weighted by atomic mass is 35.5. The van der Waals surface area contributed by atoms with Gasteiger partial charge < -0.3 is 14.1 Å². The molecule has 2 aromatic carbocycles. The minimum absolute atomic E-state index is 0.194. The molecule has 3 heterocycles. The number of hydrogen-bond donors (Lipinski definition) is 0. The van der Waals surface area contributed by atoms with E-state index < -0.39 is 11.0 Å². The first kappa shape index (κ1) is 29.0. The van der Waals surface area contributed by atoms with Gasteiger partial charge in [-0.25, -0.2) is 4.99 Å². The van der Waals surface area contributed by atoms with E-state index in [1.54, 1.807) is 49.3 Å².